The number of hydrogen-bond donors (Lipinski definition) is 1. The lowest BCUT2D eigenvalue weighted by atomic mass is 10.3. The number of hydrogen-bond acceptors (Lipinski definition) is 6. The van der Waals surface area contributed by atoms with E-state index in [2.05, 4.69) is 22.3 Å². The average Bonchev–Trinajstić information content (AvgIpc) is 2.86. The van der Waals surface area contributed by atoms with Gasteiger partial charge in [-0.15, -0.1) is 11.8 Å². The van der Waals surface area contributed by atoms with Crippen molar-refractivity contribution in [3.8, 4) is 0 Å². The Balaban J connectivity index is 1.90. The molecule has 1 aromatic carbocycles. The predicted octanol–water partition coefficient (Wildman–Crippen LogP) is 1.92. The molecule has 5 nitrogen and oxygen atoms in total. The van der Waals surface area contributed by atoms with E-state index in [1.807, 2.05) is 37.2 Å². The van der Waals surface area contributed by atoms with Crippen LogP contribution in [0.2, 0.25) is 0 Å². The van der Waals surface area contributed by atoms with Crippen LogP contribution in [0.3, 0.4) is 0 Å². The van der Waals surface area contributed by atoms with E-state index in [4.69, 9.17) is 10.3 Å². The third kappa shape index (κ3) is 4.34. The highest BCUT2D eigenvalue weighted by atomic mass is 32.2. The van der Waals surface area contributed by atoms with Crippen molar-refractivity contribution in [3.63, 3.8) is 0 Å². The van der Waals surface area contributed by atoms with Crippen molar-refractivity contribution in [1.29, 1.82) is 0 Å². The summed E-state index contributed by atoms with van der Waals surface area (Å²) in [7, 11) is 3.93. The molecule has 0 saturated heterocycles. The molecule has 0 aliphatic rings. The van der Waals surface area contributed by atoms with Gasteiger partial charge in [0.1, 0.15) is 0 Å². The quantitative estimate of drug-likeness (QED) is 0.814. The van der Waals surface area contributed by atoms with E-state index < -0.39 is 0 Å². The molecule has 0 aliphatic heterocycles. The van der Waals surface area contributed by atoms with Gasteiger partial charge in [-0.25, -0.2) is 0 Å². The van der Waals surface area contributed by atoms with Crippen LogP contribution in [0.15, 0.2) is 39.8 Å². The summed E-state index contributed by atoms with van der Waals surface area (Å²) in [6, 6.07) is 9.91. The summed E-state index contributed by atoms with van der Waals surface area (Å²) >= 11 is 1.66. The number of rotatable bonds is 6. The Hall–Kier alpha value is -1.37. The molecule has 0 saturated carbocycles. The van der Waals surface area contributed by atoms with Crippen molar-refractivity contribution < 1.29 is 4.52 Å². The summed E-state index contributed by atoms with van der Waals surface area (Å²) in [5.41, 5.74) is 5.98. The van der Waals surface area contributed by atoms with Crippen molar-refractivity contribution in [2.24, 2.45) is 5.73 Å². The lowest BCUT2D eigenvalue weighted by Gasteiger charge is -2.12. The molecule has 1 heterocycles. The number of nitrogens with two attached hydrogens (primary N) is 1. The molecule has 1 unspecified atom stereocenters. The maximum absolute atomic E-state index is 5.98. The zero-order valence-electron chi connectivity index (χ0n) is 11.1. The fourth-order valence-electron chi connectivity index (χ4n) is 1.61. The fourth-order valence-corrected chi connectivity index (χ4v) is 2.37. The molecule has 2 aromatic rings. The molecule has 0 fully saturated rings. The first-order chi connectivity index (χ1) is 9.15. The highest BCUT2D eigenvalue weighted by Gasteiger charge is 2.14. The standard InChI is InChI=1S/C13H18N4OS/c1-17(2)8-11(14)13-15-12(18-16-13)9-19-10-6-4-3-5-7-10/h3-7,11H,8-9,14H2,1-2H3. The molecule has 1 aromatic heterocycles. The van der Waals surface area contributed by atoms with Gasteiger partial charge in [0.05, 0.1) is 11.8 Å². The summed E-state index contributed by atoms with van der Waals surface area (Å²) in [6.45, 7) is 0.699. The smallest absolute Gasteiger partial charge is 0.237 e. The molecule has 0 bridgehead atoms. The summed E-state index contributed by atoms with van der Waals surface area (Å²) in [5.74, 6) is 1.83. The third-order valence-corrected chi connectivity index (χ3v) is 3.48. The number of nitrogens with zero attached hydrogens (tertiary/aromatic N) is 3. The Morgan fingerprint density at radius 1 is 1.32 bits per heavy atom. The Morgan fingerprint density at radius 2 is 2.05 bits per heavy atom. The first-order valence-electron chi connectivity index (χ1n) is 6.06. The molecule has 0 radical (unpaired) electrons. The van der Waals surface area contributed by atoms with Crippen LogP contribution >= 0.6 is 11.8 Å². The Morgan fingerprint density at radius 3 is 2.74 bits per heavy atom. The molecule has 102 valence electrons. The largest absolute Gasteiger partial charge is 0.338 e. The van der Waals surface area contributed by atoms with Crippen LogP contribution in [-0.2, 0) is 5.75 Å². The number of benzene rings is 1. The van der Waals surface area contributed by atoms with E-state index in [-0.39, 0.29) is 6.04 Å². The lowest BCUT2D eigenvalue weighted by Crippen LogP contribution is -2.26. The van der Waals surface area contributed by atoms with Gasteiger partial charge in [-0.3, -0.25) is 0 Å². The molecular weight excluding hydrogens is 260 g/mol. The van der Waals surface area contributed by atoms with E-state index in [9.17, 15) is 0 Å². The van der Waals surface area contributed by atoms with Crippen LogP contribution in [0, 0.1) is 0 Å². The lowest BCUT2D eigenvalue weighted by molar-refractivity contribution is 0.350. The van der Waals surface area contributed by atoms with Crippen molar-refractivity contribution in [2.75, 3.05) is 20.6 Å². The fraction of sp³-hybridized carbons (Fsp3) is 0.385. The highest BCUT2D eigenvalue weighted by Crippen LogP contribution is 2.21. The highest BCUT2D eigenvalue weighted by molar-refractivity contribution is 7.98. The minimum Gasteiger partial charge on any atom is -0.338 e. The van der Waals surface area contributed by atoms with E-state index in [1.54, 1.807) is 11.8 Å². The van der Waals surface area contributed by atoms with Gasteiger partial charge < -0.3 is 15.2 Å². The van der Waals surface area contributed by atoms with Crippen molar-refractivity contribution in [1.82, 2.24) is 15.0 Å². The van der Waals surface area contributed by atoms with Crippen LogP contribution in [0.25, 0.3) is 0 Å². The molecule has 0 spiro atoms. The summed E-state index contributed by atoms with van der Waals surface area (Å²) in [4.78, 5) is 7.51. The van der Waals surface area contributed by atoms with E-state index in [0.29, 0.717) is 24.0 Å². The summed E-state index contributed by atoms with van der Waals surface area (Å²) < 4.78 is 5.21. The van der Waals surface area contributed by atoms with Gasteiger partial charge in [-0.05, 0) is 26.2 Å². The van der Waals surface area contributed by atoms with E-state index >= 15 is 0 Å². The number of aromatic nitrogens is 2. The zero-order valence-corrected chi connectivity index (χ0v) is 11.9. The van der Waals surface area contributed by atoms with Gasteiger partial charge in [0.25, 0.3) is 0 Å². The SMILES string of the molecule is CN(C)CC(N)c1noc(CSc2ccccc2)n1. The molecule has 0 amide bonds. The van der Waals surface area contributed by atoms with Gasteiger partial charge in [0.15, 0.2) is 5.82 Å². The molecule has 0 aliphatic carbocycles. The second-order valence-corrected chi connectivity index (χ2v) is 5.57. The Kier molecular flexibility index (Phi) is 4.95. The van der Waals surface area contributed by atoms with Gasteiger partial charge in [-0.2, -0.15) is 4.98 Å². The molecule has 19 heavy (non-hydrogen) atoms. The van der Waals surface area contributed by atoms with Crippen molar-refractivity contribution >= 4 is 11.8 Å². The molecular formula is C13H18N4OS. The Labute approximate surface area is 117 Å². The molecule has 1 atom stereocenters. The van der Waals surface area contributed by atoms with Crippen LogP contribution in [0.1, 0.15) is 17.8 Å². The maximum Gasteiger partial charge on any atom is 0.237 e. The number of likely N-dealkylation sites (N-methyl/N-ethyl adjacent to an activating group) is 1. The Bertz CT molecular complexity index is 500. The van der Waals surface area contributed by atoms with Crippen molar-refractivity contribution in [2.45, 2.75) is 16.7 Å². The summed E-state index contributed by atoms with van der Waals surface area (Å²) in [6.07, 6.45) is 0. The number of thioether (sulfide) groups is 1. The minimum atomic E-state index is -0.214. The van der Waals surface area contributed by atoms with Crippen LogP contribution in [-0.4, -0.2) is 35.7 Å². The van der Waals surface area contributed by atoms with E-state index in [1.165, 1.54) is 4.90 Å². The predicted molar refractivity (Wildman–Crippen MR) is 75.8 cm³/mol. The minimum absolute atomic E-state index is 0.214. The maximum atomic E-state index is 5.98. The third-order valence-electron chi connectivity index (χ3n) is 2.48. The first kappa shape index (κ1) is 14.0. The van der Waals surface area contributed by atoms with Gasteiger partial charge >= 0.3 is 0 Å². The van der Waals surface area contributed by atoms with Gasteiger partial charge in [0, 0.05) is 11.4 Å². The second kappa shape index (κ2) is 6.70. The monoisotopic (exact) mass is 278 g/mol. The van der Waals surface area contributed by atoms with Crippen LogP contribution in [0.4, 0.5) is 0 Å². The first-order valence-corrected chi connectivity index (χ1v) is 7.04. The molecule has 2 rings (SSSR count). The van der Waals surface area contributed by atoms with Crippen LogP contribution < -0.4 is 5.73 Å². The second-order valence-electron chi connectivity index (χ2n) is 4.52. The van der Waals surface area contributed by atoms with Gasteiger partial charge in [-0.1, -0.05) is 23.4 Å². The summed E-state index contributed by atoms with van der Waals surface area (Å²) in [5, 5.41) is 3.93. The molecule has 2 N–H and O–H groups in total. The van der Waals surface area contributed by atoms with Crippen molar-refractivity contribution in [3.05, 3.63) is 42.0 Å². The normalized spacial score (nSPS) is 12.8. The van der Waals surface area contributed by atoms with Gasteiger partial charge in [0.2, 0.25) is 5.89 Å². The molecule has 6 heteroatoms. The zero-order chi connectivity index (χ0) is 13.7. The van der Waals surface area contributed by atoms with Crippen LogP contribution in [0.5, 0.6) is 0 Å². The van der Waals surface area contributed by atoms with E-state index in [0.717, 1.165) is 0 Å². The topological polar surface area (TPSA) is 68.2 Å². The average molecular weight is 278 g/mol.